The van der Waals surface area contributed by atoms with Gasteiger partial charge in [-0.25, -0.2) is 4.98 Å². The lowest BCUT2D eigenvalue weighted by Gasteiger charge is -2.25. The molecule has 6 nitrogen and oxygen atoms in total. The van der Waals surface area contributed by atoms with E-state index >= 15 is 0 Å². The molecule has 1 N–H and O–H groups in total. The van der Waals surface area contributed by atoms with Crippen LogP contribution in [0, 0.1) is 6.92 Å². The Kier molecular flexibility index (Phi) is 4.17. The molecule has 0 aromatic carbocycles. The topological polar surface area (TPSA) is 66.8 Å². The van der Waals surface area contributed by atoms with Gasteiger partial charge in [-0.1, -0.05) is 24.7 Å². The largest absolute Gasteiger partial charge is 0.492 e. The molecule has 0 amide bonds. The van der Waals surface area contributed by atoms with Gasteiger partial charge in [-0.05, 0) is 39.1 Å². The number of fused-ring (bicyclic) bond motifs is 1. The molecule has 0 radical (unpaired) electrons. The summed E-state index contributed by atoms with van der Waals surface area (Å²) in [5.41, 5.74) is 0. The molecule has 0 aliphatic carbocycles. The first-order valence-electron chi connectivity index (χ1n) is 7.40. The smallest absolute Gasteiger partial charge is 0.230 e. The molecule has 0 aliphatic rings. The van der Waals surface area contributed by atoms with E-state index in [0.29, 0.717) is 10.8 Å². The first-order chi connectivity index (χ1) is 10.6. The van der Waals surface area contributed by atoms with Gasteiger partial charge in [-0.15, -0.1) is 5.10 Å². The molecular formula is C15H20N4O2S. The van der Waals surface area contributed by atoms with E-state index in [0.717, 1.165) is 30.0 Å². The van der Waals surface area contributed by atoms with Crippen LogP contribution in [0.1, 0.15) is 42.3 Å². The van der Waals surface area contributed by atoms with Crippen molar-refractivity contribution in [3.63, 3.8) is 0 Å². The third kappa shape index (κ3) is 2.62. The number of hydrogen-bond acceptors (Lipinski definition) is 6. The number of aryl methyl sites for hydroxylation is 1. The van der Waals surface area contributed by atoms with Gasteiger partial charge in [0.25, 0.3) is 0 Å². The van der Waals surface area contributed by atoms with Crippen molar-refractivity contribution >= 4 is 16.3 Å². The molecule has 3 aromatic heterocycles. The standard InChI is InChI=1S/C15H20N4O2S/c1-4-5-8-18(3)12(11-7-6-9-21-11)13-14(20)19-15(22-13)16-10(2)17-19/h6-7,9,12,20H,4-5,8H2,1-3H3. The lowest BCUT2D eigenvalue weighted by atomic mass is 10.1. The summed E-state index contributed by atoms with van der Waals surface area (Å²) in [7, 11) is 2.05. The van der Waals surface area contributed by atoms with E-state index in [1.807, 2.05) is 26.1 Å². The monoisotopic (exact) mass is 320 g/mol. The molecule has 0 spiro atoms. The van der Waals surface area contributed by atoms with Crippen molar-refractivity contribution in [2.24, 2.45) is 0 Å². The number of nitrogens with zero attached hydrogens (tertiary/aromatic N) is 4. The summed E-state index contributed by atoms with van der Waals surface area (Å²) >= 11 is 1.45. The first-order valence-corrected chi connectivity index (χ1v) is 8.22. The molecule has 0 saturated carbocycles. The molecule has 1 unspecified atom stereocenters. The van der Waals surface area contributed by atoms with Crippen molar-refractivity contribution in [1.29, 1.82) is 0 Å². The fourth-order valence-electron chi connectivity index (χ4n) is 2.56. The highest BCUT2D eigenvalue weighted by Gasteiger charge is 2.29. The normalized spacial score (nSPS) is 13.3. The third-order valence-electron chi connectivity index (χ3n) is 3.67. The second-order valence-electron chi connectivity index (χ2n) is 5.40. The summed E-state index contributed by atoms with van der Waals surface area (Å²) in [4.78, 5) is 8.04. The van der Waals surface area contributed by atoms with Gasteiger partial charge in [0, 0.05) is 0 Å². The van der Waals surface area contributed by atoms with Crippen LogP contribution >= 0.6 is 11.3 Å². The van der Waals surface area contributed by atoms with Crippen LogP contribution in [0.4, 0.5) is 0 Å². The summed E-state index contributed by atoms with van der Waals surface area (Å²) in [6, 6.07) is 3.68. The van der Waals surface area contributed by atoms with E-state index in [9.17, 15) is 5.11 Å². The first kappa shape index (κ1) is 15.1. The molecule has 0 aliphatic heterocycles. The summed E-state index contributed by atoms with van der Waals surface area (Å²) in [5, 5.41) is 14.8. The van der Waals surface area contributed by atoms with Gasteiger partial charge in [0.2, 0.25) is 10.8 Å². The average Bonchev–Trinajstić information content (AvgIpc) is 3.18. The van der Waals surface area contributed by atoms with E-state index in [-0.39, 0.29) is 11.9 Å². The molecule has 3 rings (SSSR count). The minimum atomic E-state index is -0.129. The van der Waals surface area contributed by atoms with Crippen LogP contribution in [0.25, 0.3) is 4.96 Å². The van der Waals surface area contributed by atoms with E-state index in [1.165, 1.54) is 15.9 Å². The summed E-state index contributed by atoms with van der Waals surface area (Å²) in [5.74, 6) is 1.61. The highest BCUT2D eigenvalue weighted by Crippen LogP contribution is 2.39. The minimum absolute atomic E-state index is 0.129. The van der Waals surface area contributed by atoms with Crippen LogP contribution in [-0.4, -0.2) is 38.2 Å². The number of furan rings is 1. The van der Waals surface area contributed by atoms with Crippen molar-refractivity contribution in [2.45, 2.75) is 32.7 Å². The number of thiazole rings is 1. The van der Waals surface area contributed by atoms with Crippen molar-refractivity contribution in [1.82, 2.24) is 19.5 Å². The fraction of sp³-hybridized carbons (Fsp3) is 0.467. The van der Waals surface area contributed by atoms with Crippen LogP contribution in [0.2, 0.25) is 0 Å². The minimum Gasteiger partial charge on any atom is -0.492 e. The quantitative estimate of drug-likeness (QED) is 0.755. The SMILES string of the molecule is CCCCN(C)C(c1ccco1)c1sc2nc(C)nn2c1O. The Balaban J connectivity index is 2.03. The Bertz CT molecular complexity index is 747. The lowest BCUT2D eigenvalue weighted by molar-refractivity contribution is 0.242. The van der Waals surface area contributed by atoms with Crippen molar-refractivity contribution in [3.8, 4) is 5.88 Å². The summed E-state index contributed by atoms with van der Waals surface area (Å²) < 4.78 is 7.11. The van der Waals surface area contributed by atoms with Gasteiger partial charge in [0.05, 0.1) is 11.1 Å². The molecular weight excluding hydrogens is 300 g/mol. The second kappa shape index (κ2) is 6.10. The van der Waals surface area contributed by atoms with Gasteiger partial charge in [0.1, 0.15) is 17.6 Å². The molecule has 118 valence electrons. The zero-order chi connectivity index (χ0) is 15.7. The number of unbranched alkanes of at least 4 members (excludes halogenated alkanes) is 1. The van der Waals surface area contributed by atoms with Gasteiger partial charge in [-0.2, -0.15) is 4.52 Å². The predicted molar refractivity (Wildman–Crippen MR) is 85.4 cm³/mol. The van der Waals surface area contributed by atoms with Crippen LogP contribution < -0.4 is 0 Å². The van der Waals surface area contributed by atoms with E-state index in [1.54, 1.807) is 6.26 Å². The number of hydrogen-bond donors (Lipinski definition) is 1. The Morgan fingerprint density at radius 1 is 1.50 bits per heavy atom. The lowest BCUT2D eigenvalue weighted by Crippen LogP contribution is -2.25. The number of aromatic nitrogens is 3. The molecule has 0 saturated heterocycles. The van der Waals surface area contributed by atoms with Crippen LogP contribution in [0.3, 0.4) is 0 Å². The Labute approximate surface area is 133 Å². The third-order valence-corrected chi connectivity index (χ3v) is 4.74. The van der Waals surface area contributed by atoms with Crippen LogP contribution in [0.15, 0.2) is 22.8 Å². The highest BCUT2D eigenvalue weighted by atomic mass is 32.1. The maximum atomic E-state index is 10.5. The van der Waals surface area contributed by atoms with E-state index in [2.05, 4.69) is 21.9 Å². The predicted octanol–water partition coefficient (Wildman–Crippen LogP) is 3.22. The second-order valence-corrected chi connectivity index (χ2v) is 6.40. The highest BCUT2D eigenvalue weighted by molar-refractivity contribution is 7.17. The van der Waals surface area contributed by atoms with E-state index < -0.39 is 0 Å². The van der Waals surface area contributed by atoms with Crippen LogP contribution in [-0.2, 0) is 0 Å². The molecule has 1 atom stereocenters. The zero-order valence-electron chi connectivity index (χ0n) is 13.0. The molecule has 0 fully saturated rings. The van der Waals surface area contributed by atoms with Gasteiger partial charge in [0.15, 0.2) is 0 Å². The zero-order valence-corrected chi connectivity index (χ0v) is 13.8. The Morgan fingerprint density at radius 2 is 2.32 bits per heavy atom. The van der Waals surface area contributed by atoms with Gasteiger partial charge < -0.3 is 9.52 Å². The molecule has 7 heteroatoms. The average molecular weight is 320 g/mol. The maximum absolute atomic E-state index is 10.5. The summed E-state index contributed by atoms with van der Waals surface area (Å²) in [6.07, 6.45) is 3.87. The van der Waals surface area contributed by atoms with Gasteiger partial charge >= 0.3 is 0 Å². The number of aromatic hydroxyl groups is 1. The Morgan fingerprint density at radius 3 is 2.95 bits per heavy atom. The molecule has 22 heavy (non-hydrogen) atoms. The van der Waals surface area contributed by atoms with Crippen molar-refractivity contribution in [3.05, 3.63) is 34.9 Å². The van der Waals surface area contributed by atoms with Crippen LogP contribution in [0.5, 0.6) is 5.88 Å². The number of rotatable bonds is 6. The van der Waals surface area contributed by atoms with Gasteiger partial charge in [-0.3, -0.25) is 4.90 Å². The van der Waals surface area contributed by atoms with E-state index in [4.69, 9.17) is 4.42 Å². The molecule has 0 bridgehead atoms. The maximum Gasteiger partial charge on any atom is 0.230 e. The molecule has 3 heterocycles. The van der Waals surface area contributed by atoms with Crippen molar-refractivity contribution < 1.29 is 9.52 Å². The Hall–Kier alpha value is -1.86. The molecule has 3 aromatic rings. The fourth-order valence-corrected chi connectivity index (χ4v) is 3.73. The summed E-state index contributed by atoms with van der Waals surface area (Å²) in [6.45, 7) is 4.91. The van der Waals surface area contributed by atoms with Crippen molar-refractivity contribution in [2.75, 3.05) is 13.6 Å².